The van der Waals surface area contributed by atoms with Gasteiger partial charge < -0.3 is 20.4 Å². The van der Waals surface area contributed by atoms with Gasteiger partial charge in [-0.05, 0) is 37.0 Å². The number of fused-ring (bicyclic) bond motifs is 1. The minimum Gasteiger partial charge on any atom is -0.359 e. The first-order chi connectivity index (χ1) is 16.1. The summed E-state index contributed by atoms with van der Waals surface area (Å²) in [5, 5.41) is 5.69. The number of nitrogens with one attached hydrogen (secondary N) is 2. The molecular formula is C25H32N6O2. The SMILES string of the molecule is CCc1nc2ccc(C(=O)NCCN3CCNC3=O)cn2c1N(C)CCCc1ccccc1. The maximum absolute atomic E-state index is 12.8. The van der Waals surface area contributed by atoms with Gasteiger partial charge in [-0.15, -0.1) is 0 Å². The van der Waals surface area contributed by atoms with Gasteiger partial charge in [-0.2, -0.15) is 0 Å². The summed E-state index contributed by atoms with van der Waals surface area (Å²) in [6.45, 7) is 5.25. The molecule has 3 aromatic rings. The number of aromatic nitrogens is 2. The first kappa shape index (κ1) is 22.6. The third kappa shape index (κ3) is 5.27. The number of aryl methyl sites for hydroxylation is 2. The normalized spacial score (nSPS) is 13.4. The van der Waals surface area contributed by atoms with E-state index in [1.54, 1.807) is 11.0 Å². The van der Waals surface area contributed by atoms with Crippen LogP contribution < -0.4 is 15.5 Å². The fourth-order valence-corrected chi connectivity index (χ4v) is 4.26. The van der Waals surface area contributed by atoms with Crippen molar-refractivity contribution in [2.45, 2.75) is 26.2 Å². The molecule has 1 aliphatic rings. The molecule has 8 heteroatoms. The summed E-state index contributed by atoms with van der Waals surface area (Å²) in [6.07, 6.45) is 4.73. The smallest absolute Gasteiger partial charge is 0.317 e. The van der Waals surface area contributed by atoms with Crippen molar-refractivity contribution in [1.29, 1.82) is 0 Å². The van der Waals surface area contributed by atoms with E-state index in [9.17, 15) is 9.59 Å². The molecule has 1 aromatic carbocycles. The van der Waals surface area contributed by atoms with E-state index in [-0.39, 0.29) is 11.9 Å². The summed E-state index contributed by atoms with van der Waals surface area (Å²) in [5.41, 5.74) is 3.77. The molecule has 1 fully saturated rings. The number of carbonyl (C=O) groups is 2. The highest BCUT2D eigenvalue weighted by molar-refractivity contribution is 5.94. The Morgan fingerprint density at radius 3 is 2.76 bits per heavy atom. The van der Waals surface area contributed by atoms with Crippen molar-refractivity contribution in [2.24, 2.45) is 0 Å². The van der Waals surface area contributed by atoms with Gasteiger partial charge in [0.05, 0.1) is 11.3 Å². The van der Waals surface area contributed by atoms with E-state index in [1.165, 1.54) is 5.56 Å². The third-order valence-corrected chi connectivity index (χ3v) is 6.04. The molecule has 2 N–H and O–H groups in total. The van der Waals surface area contributed by atoms with Crippen LogP contribution in [0.5, 0.6) is 0 Å². The second kappa shape index (κ2) is 10.4. The molecule has 0 unspecified atom stereocenters. The molecule has 33 heavy (non-hydrogen) atoms. The highest BCUT2D eigenvalue weighted by atomic mass is 16.2. The van der Waals surface area contributed by atoms with Gasteiger partial charge in [0.15, 0.2) is 0 Å². The zero-order chi connectivity index (χ0) is 23.2. The van der Waals surface area contributed by atoms with Gasteiger partial charge in [0, 0.05) is 46.0 Å². The van der Waals surface area contributed by atoms with Crippen molar-refractivity contribution in [3.05, 3.63) is 65.5 Å². The van der Waals surface area contributed by atoms with Crippen molar-refractivity contribution >= 4 is 23.4 Å². The van der Waals surface area contributed by atoms with Gasteiger partial charge in [0.25, 0.3) is 5.91 Å². The molecule has 3 amide bonds. The number of anilines is 1. The summed E-state index contributed by atoms with van der Waals surface area (Å²) in [5.74, 6) is 0.880. The molecule has 0 spiro atoms. The lowest BCUT2D eigenvalue weighted by molar-refractivity contribution is 0.0950. The molecule has 0 saturated carbocycles. The van der Waals surface area contributed by atoms with Gasteiger partial charge in [-0.3, -0.25) is 9.20 Å². The van der Waals surface area contributed by atoms with Crippen LogP contribution in [-0.2, 0) is 12.8 Å². The number of amides is 3. The molecule has 174 valence electrons. The molecule has 0 bridgehead atoms. The summed E-state index contributed by atoms with van der Waals surface area (Å²) < 4.78 is 2.02. The van der Waals surface area contributed by atoms with Gasteiger partial charge in [-0.1, -0.05) is 37.3 Å². The van der Waals surface area contributed by atoms with Gasteiger partial charge in [0.1, 0.15) is 11.5 Å². The Balaban J connectivity index is 1.43. The second-order valence-corrected chi connectivity index (χ2v) is 8.37. The number of imidazole rings is 1. The minimum atomic E-state index is -0.152. The number of hydrogen-bond acceptors (Lipinski definition) is 4. The Labute approximate surface area is 194 Å². The predicted molar refractivity (Wildman–Crippen MR) is 130 cm³/mol. The number of nitrogens with zero attached hydrogens (tertiary/aromatic N) is 4. The summed E-state index contributed by atoms with van der Waals surface area (Å²) in [6, 6.07) is 14.1. The van der Waals surface area contributed by atoms with E-state index in [0.717, 1.165) is 43.0 Å². The van der Waals surface area contributed by atoms with E-state index in [2.05, 4.69) is 53.8 Å². The van der Waals surface area contributed by atoms with Gasteiger partial charge >= 0.3 is 6.03 Å². The van der Waals surface area contributed by atoms with Crippen LogP contribution in [0, 0.1) is 0 Å². The van der Waals surface area contributed by atoms with E-state index in [4.69, 9.17) is 4.98 Å². The van der Waals surface area contributed by atoms with Crippen molar-refractivity contribution in [3.8, 4) is 0 Å². The Morgan fingerprint density at radius 1 is 1.21 bits per heavy atom. The molecule has 1 aliphatic heterocycles. The fourth-order valence-electron chi connectivity index (χ4n) is 4.26. The topological polar surface area (TPSA) is 82.0 Å². The number of pyridine rings is 1. The van der Waals surface area contributed by atoms with Crippen LogP contribution in [0.4, 0.5) is 10.6 Å². The van der Waals surface area contributed by atoms with Crippen molar-refractivity contribution in [1.82, 2.24) is 24.9 Å². The minimum absolute atomic E-state index is 0.0730. The van der Waals surface area contributed by atoms with Crippen LogP contribution >= 0.6 is 0 Å². The largest absolute Gasteiger partial charge is 0.359 e. The van der Waals surface area contributed by atoms with Crippen LogP contribution in [0.25, 0.3) is 5.65 Å². The fraction of sp³-hybridized carbons (Fsp3) is 0.400. The van der Waals surface area contributed by atoms with E-state index in [0.29, 0.717) is 31.7 Å². The highest BCUT2D eigenvalue weighted by Gasteiger charge is 2.20. The second-order valence-electron chi connectivity index (χ2n) is 8.37. The summed E-state index contributed by atoms with van der Waals surface area (Å²) >= 11 is 0. The van der Waals surface area contributed by atoms with Crippen LogP contribution in [-0.4, -0.2) is 66.0 Å². The predicted octanol–water partition coefficient (Wildman–Crippen LogP) is 2.72. The molecule has 0 aliphatic carbocycles. The first-order valence-corrected chi connectivity index (χ1v) is 11.6. The molecule has 4 rings (SSSR count). The molecule has 8 nitrogen and oxygen atoms in total. The molecule has 2 aromatic heterocycles. The highest BCUT2D eigenvalue weighted by Crippen LogP contribution is 2.23. The van der Waals surface area contributed by atoms with Crippen LogP contribution in [0.15, 0.2) is 48.7 Å². The number of benzene rings is 1. The lowest BCUT2D eigenvalue weighted by atomic mass is 10.1. The molecular weight excluding hydrogens is 416 g/mol. The lowest BCUT2D eigenvalue weighted by Crippen LogP contribution is -2.36. The van der Waals surface area contributed by atoms with E-state index >= 15 is 0 Å². The Kier molecular flexibility index (Phi) is 7.12. The molecule has 0 radical (unpaired) electrons. The van der Waals surface area contributed by atoms with Crippen molar-refractivity contribution in [2.75, 3.05) is 44.7 Å². The Hall–Kier alpha value is -3.55. The monoisotopic (exact) mass is 448 g/mol. The molecule has 1 saturated heterocycles. The Morgan fingerprint density at radius 2 is 2.03 bits per heavy atom. The lowest BCUT2D eigenvalue weighted by Gasteiger charge is -2.20. The number of urea groups is 1. The van der Waals surface area contributed by atoms with Gasteiger partial charge in [-0.25, -0.2) is 9.78 Å². The van der Waals surface area contributed by atoms with Gasteiger partial charge in [0.2, 0.25) is 0 Å². The number of carbonyl (C=O) groups excluding carboxylic acids is 2. The van der Waals surface area contributed by atoms with E-state index in [1.807, 2.05) is 22.7 Å². The zero-order valence-corrected chi connectivity index (χ0v) is 19.4. The average molecular weight is 449 g/mol. The maximum Gasteiger partial charge on any atom is 0.317 e. The van der Waals surface area contributed by atoms with E-state index < -0.39 is 0 Å². The maximum atomic E-state index is 12.8. The first-order valence-electron chi connectivity index (χ1n) is 11.6. The van der Waals surface area contributed by atoms with Crippen LogP contribution in [0.3, 0.4) is 0 Å². The van der Waals surface area contributed by atoms with Crippen LogP contribution in [0.2, 0.25) is 0 Å². The Bertz CT molecular complexity index is 1110. The zero-order valence-electron chi connectivity index (χ0n) is 19.4. The third-order valence-electron chi connectivity index (χ3n) is 6.04. The molecule has 0 atom stereocenters. The standard InChI is InChI=1S/C25H32N6O2/c1-3-21-24(29(2)15-7-10-19-8-5-4-6-9-19)31-18-20(11-12-22(31)28-21)23(32)26-13-16-30-17-14-27-25(30)33/h4-6,8-9,11-12,18H,3,7,10,13-17H2,1-2H3,(H,26,32)(H,27,33). The number of hydrogen-bond donors (Lipinski definition) is 2. The summed E-state index contributed by atoms with van der Waals surface area (Å²) in [7, 11) is 2.08. The average Bonchev–Trinajstić information content (AvgIpc) is 3.41. The van der Waals surface area contributed by atoms with Crippen LogP contribution in [0.1, 0.15) is 35.0 Å². The molecule has 3 heterocycles. The number of rotatable bonds is 10. The van der Waals surface area contributed by atoms with Crippen molar-refractivity contribution < 1.29 is 9.59 Å². The summed E-state index contributed by atoms with van der Waals surface area (Å²) in [4.78, 5) is 33.1. The quantitative estimate of drug-likeness (QED) is 0.500. The van der Waals surface area contributed by atoms with Crippen molar-refractivity contribution in [3.63, 3.8) is 0 Å².